The van der Waals surface area contributed by atoms with Gasteiger partial charge in [-0.15, -0.1) is 0 Å². The van der Waals surface area contributed by atoms with Crippen molar-refractivity contribution in [3.8, 4) is 0 Å². The molecule has 0 aliphatic rings. The SMILES string of the molecule is C[C@@H](/C=C(/CCO)[Si](C)(C)C)[C@H](O)c1ccc(Br)cc1. The molecular formula is C16H25BrO2Si. The molecule has 4 heteroatoms. The van der Waals surface area contributed by atoms with Crippen LogP contribution >= 0.6 is 15.9 Å². The summed E-state index contributed by atoms with van der Waals surface area (Å²) in [5.74, 6) is 0.0458. The van der Waals surface area contributed by atoms with E-state index in [1.165, 1.54) is 5.20 Å². The second-order valence-electron chi connectivity index (χ2n) is 6.27. The highest BCUT2D eigenvalue weighted by molar-refractivity contribution is 9.10. The maximum atomic E-state index is 10.5. The second kappa shape index (κ2) is 7.55. The van der Waals surface area contributed by atoms with Gasteiger partial charge >= 0.3 is 0 Å². The van der Waals surface area contributed by atoms with Crippen molar-refractivity contribution in [2.45, 2.75) is 39.1 Å². The average molecular weight is 357 g/mol. The van der Waals surface area contributed by atoms with Gasteiger partial charge in [-0.25, -0.2) is 0 Å². The lowest BCUT2D eigenvalue weighted by Gasteiger charge is -2.24. The molecule has 112 valence electrons. The van der Waals surface area contributed by atoms with E-state index in [9.17, 15) is 10.2 Å². The molecule has 0 amide bonds. The van der Waals surface area contributed by atoms with Gasteiger partial charge in [-0.05, 0) is 24.1 Å². The number of rotatable bonds is 6. The Morgan fingerprint density at radius 3 is 2.25 bits per heavy atom. The third kappa shape index (κ3) is 5.17. The first kappa shape index (κ1) is 17.6. The van der Waals surface area contributed by atoms with E-state index in [1.54, 1.807) is 0 Å². The van der Waals surface area contributed by atoms with Crippen LogP contribution in [0.1, 0.15) is 25.0 Å². The summed E-state index contributed by atoms with van der Waals surface area (Å²) in [6, 6.07) is 7.78. The van der Waals surface area contributed by atoms with E-state index in [0.29, 0.717) is 6.42 Å². The zero-order chi connectivity index (χ0) is 15.3. The fourth-order valence-electron chi connectivity index (χ4n) is 2.20. The van der Waals surface area contributed by atoms with Crippen molar-refractivity contribution < 1.29 is 10.2 Å². The Bertz CT molecular complexity index is 449. The minimum atomic E-state index is -1.44. The van der Waals surface area contributed by atoms with Gasteiger partial charge in [0.1, 0.15) is 0 Å². The third-order valence-electron chi connectivity index (χ3n) is 3.52. The molecule has 2 N–H and O–H groups in total. The van der Waals surface area contributed by atoms with Crippen LogP contribution in [0.4, 0.5) is 0 Å². The molecule has 2 nitrogen and oxygen atoms in total. The first-order valence-corrected chi connectivity index (χ1v) is 11.3. The maximum absolute atomic E-state index is 10.5. The van der Waals surface area contributed by atoms with Crippen LogP contribution in [0.15, 0.2) is 40.0 Å². The molecule has 1 aromatic rings. The molecule has 0 bridgehead atoms. The topological polar surface area (TPSA) is 40.5 Å². The Labute approximate surface area is 131 Å². The van der Waals surface area contributed by atoms with Crippen LogP contribution in [0.3, 0.4) is 0 Å². The Morgan fingerprint density at radius 1 is 1.25 bits per heavy atom. The van der Waals surface area contributed by atoms with E-state index in [4.69, 9.17) is 0 Å². The largest absolute Gasteiger partial charge is 0.396 e. The van der Waals surface area contributed by atoms with E-state index in [1.807, 2.05) is 31.2 Å². The summed E-state index contributed by atoms with van der Waals surface area (Å²) < 4.78 is 1.01. The molecular weight excluding hydrogens is 332 g/mol. The van der Waals surface area contributed by atoms with Crippen LogP contribution in [0, 0.1) is 5.92 Å². The van der Waals surface area contributed by atoms with Crippen LogP contribution in [0.2, 0.25) is 19.6 Å². The predicted octanol–water partition coefficient (Wildman–Crippen LogP) is 4.30. The van der Waals surface area contributed by atoms with Crippen molar-refractivity contribution in [1.82, 2.24) is 0 Å². The summed E-state index contributed by atoms with van der Waals surface area (Å²) in [5.41, 5.74) is 0.927. The van der Waals surface area contributed by atoms with Gasteiger partial charge in [0, 0.05) is 17.0 Å². The molecule has 0 radical (unpaired) electrons. The lowest BCUT2D eigenvalue weighted by molar-refractivity contribution is 0.139. The Morgan fingerprint density at radius 2 is 1.80 bits per heavy atom. The monoisotopic (exact) mass is 356 g/mol. The highest BCUT2D eigenvalue weighted by atomic mass is 79.9. The van der Waals surface area contributed by atoms with Gasteiger partial charge in [-0.3, -0.25) is 0 Å². The Hall–Kier alpha value is -0.423. The van der Waals surface area contributed by atoms with Crippen LogP contribution in [0.25, 0.3) is 0 Å². The number of hydrogen-bond donors (Lipinski definition) is 2. The van der Waals surface area contributed by atoms with Crippen LogP contribution < -0.4 is 0 Å². The molecule has 0 aromatic heterocycles. The minimum absolute atomic E-state index is 0.0458. The summed E-state index contributed by atoms with van der Waals surface area (Å²) in [6.45, 7) is 9.02. The van der Waals surface area contributed by atoms with Crippen molar-refractivity contribution in [2.75, 3.05) is 6.61 Å². The van der Waals surface area contributed by atoms with Crippen molar-refractivity contribution in [3.05, 3.63) is 45.6 Å². The predicted molar refractivity (Wildman–Crippen MR) is 91.4 cm³/mol. The quantitative estimate of drug-likeness (QED) is 0.745. The van der Waals surface area contributed by atoms with E-state index in [-0.39, 0.29) is 12.5 Å². The fraction of sp³-hybridized carbons (Fsp3) is 0.500. The molecule has 1 aromatic carbocycles. The Kier molecular flexibility index (Phi) is 6.65. The molecule has 0 saturated carbocycles. The first-order valence-electron chi connectivity index (χ1n) is 7.01. The van der Waals surface area contributed by atoms with Gasteiger partial charge in [0.2, 0.25) is 0 Å². The van der Waals surface area contributed by atoms with Crippen LogP contribution in [-0.2, 0) is 0 Å². The number of aliphatic hydroxyl groups excluding tert-OH is 2. The fourth-order valence-corrected chi connectivity index (χ4v) is 4.09. The van der Waals surface area contributed by atoms with Gasteiger partial charge < -0.3 is 10.2 Å². The molecule has 0 aliphatic heterocycles. The van der Waals surface area contributed by atoms with Gasteiger partial charge in [0.25, 0.3) is 0 Å². The second-order valence-corrected chi connectivity index (χ2v) is 12.3. The number of hydrogen-bond acceptors (Lipinski definition) is 2. The van der Waals surface area contributed by atoms with Crippen molar-refractivity contribution in [1.29, 1.82) is 0 Å². The third-order valence-corrected chi connectivity index (χ3v) is 6.39. The van der Waals surface area contributed by atoms with E-state index in [0.717, 1.165) is 10.0 Å². The highest BCUT2D eigenvalue weighted by Crippen LogP contribution is 2.28. The minimum Gasteiger partial charge on any atom is -0.396 e. The van der Waals surface area contributed by atoms with E-state index in [2.05, 4.69) is 41.6 Å². The first-order chi connectivity index (χ1) is 9.25. The summed E-state index contributed by atoms with van der Waals surface area (Å²) >= 11 is 3.40. The van der Waals surface area contributed by atoms with Crippen molar-refractivity contribution >= 4 is 24.0 Å². The number of benzene rings is 1. The molecule has 0 fully saturated rings. The van der Waals surface area contributed by atoms with Crippen LogP contribution in [-0.4, -0.2) is 24.9 Å². The van der Waals surface area contributed by atoms with E-state index < -0.39 is 14.2 Å². The molecule has 20 heavy (non-hydrogen) atoms. The molecule has 2 atom stereocenters. The lowest BCUT2D eigenvalue weighted by atomic mass is 9.97. The van der Waals surface area contributed by atoms with E-state index >= 15 is 0 Å². The zero-order valence-electron chi connectivity index (χ0n) is 12.7. The number of aliphatic hydroxyl groups is 2. The molecule has 0 heterocycles. The van der Waals surface area contributed by atoms with Crippen LogP contribution in [0.5, 0.6) is 0 Å². The number of halogens is 1. The maximum Gasteiger partial charge on any atom is 0.0849 e. The molecule has 0 unspecified atom stereocenters. The smallest absolute Gasteiger partial charge is 0.0849 e. The van der Waals surface area contributed by atoms with Crippen molar-refractivity contribution in [3.63, 3.8) is 0 Å². The van der Waals surface area contributed by atoms with Gasteiger partial charge in [-0.1, -0.05) is 65.9 Å². The average Bonchev–Trinajstić information content (AvgIpc) is 2.37. The molecule has 1 rings (SSSR count). The summed E-state index contributed by atoms with van der Waals surface area (Å²) in [4.78, 5) is 0. The molecule has 0 saturated heterocycles. The zero-order valence-corrected chi connectivity index (χ0v) is 15.3. The summed E-state index contributed by atoms with van der Waals surface area (Å²) in [6.07, 6.45) is 2.37. The Balaban J connectivity index is 2.91. The standard InChI is InChI=1S/C16H25BrO2Si/c1-12(11-15(9-10-18)20(2,3)4)16(19)13-5-7-14(17)8-6-13/h5-8,11-12,16,18-19H,9-10H2,1-4H3/b15-11-/t12-,16-/m0/s1. The van der Waals surface area contributed by atoms with Gasteiger partial charge in [-0.2, -0.15) is 0 Å². The van der Waals surface area contributed by atoms with Gasteiger partial charge in [0.05, 0.1) is 14.2 Å². The normalized spacial score (nSPS) is 16.1. The lowest BCUT2D eigenvalue weighted by Crippen LogP contribution is -2.26. The van der Waals surface area contributed by atoms with Crippen molar-refractivity contribution in [2.24, 2.45) is 5.92 Å². The van der Waals surface area contributed by atoms with Gasteiger partial charge in [0.15, 0.2) is 0 Å². The summed E-state index contributed by atoms with van der Waals surface area (Å²) in [5, 5.41) is 21.0. The molecule has 0 aliphatic carbocycles. The molecule has 0 spiro atoms. The summed E-state index contributed by atoms with van der Waals surface area (Å²) in [7, 11) is -1.44. The highest BCUT2D eigenvalue weighted by Gasteiger charge is 2.22.